The molecule has 0 aromatic heterocycles. The summed E-state index contributed by atoms with van der Waals surface area (Å²) in [6.07, 6.45) is 0. The first kappa shape index (κ1) is 17.0. The fraction of sp³-hybridized carbons (Fsp3) is 0.188. The number of nitrogens with one attached hydrogen (secondary N) is 1. The predicted molar refractivity (Wildman–Crippen MR) is 89.9 cm³/mol. The number of benzene rings is 2. The first-order chi connectivity index (χ1) is 10.5. The highest BCUT2D eigenvalue weighted by molar-refractivity contribution is 9.10. The molecule has 0 saturated carbocycles. The van der Waals surface area contributed by atoms with E-state index in [9.17, 15) is 13.6 Å². The van der Waals surface area contributed by atoms with Crippen molar-refractivity contribution in [2.75, 3.05) is 5.32 Å². The second-order valence-corrected chi connectivity index (χ2v) is 6.84. The highest BCUT2D eigenvalue weighted by Crippen LogP contribution is 2.25. The van der Waals surface area contributed by atoms with Crippen molar-refractivity contribution in [2.24, 2.45) is 0 Å². The molecule has 2 aromatic rings. The maximum Gasteiger partial charge on any atom is 0.237 e. The number of carbonyl (C=O) groups excluding carboxylic acids is 1. The van der Waals surface area contributed by atoms with Crippen molar-refractivity contribution >= 4 is 39.3 Å². The van der Waals surface area contributed by atoms with Crippen LogP contribution in [-0.2, 0) is 10.5 Å². The van der Waals surface area contributed by atoms with Crippen LogP contribution in [0.25, 0.3) is 0 Å². The third kappa shape index (κ3) is 4.55. The van der Waals surface area contributed by atoms with Gasteiger partial charge in [-0.05, 0) is 30.7 Å². The van der Waals surface area contributed by atoms with Gasteiger partial charge in [0, 0.05) is 16.3 Å². The van der Waals surface area contributed by atoms with Gasteiger partial charge in [-0.2, -0.15) is 0 Å². The van der Waals surface area contributed by atoms with E-state index in [1.807, 2.05) is 24.3 Å². The van der Waals surface area contributed by atoms with Crippen LogP contribution in [0, 0.1) is 11.6 Å². The predicted octanol–water partition coefficient (Wildman–Crippen LogP) is 4.99. The molecule has 0 fully saturated rings. The Morgan fingerprint density at radius 2 is 2.00 bits per heavy atom. The average molecular weight is 386 g/mol. The van der Waals surface area contributed by atoms with Gasteiger partial charge in [-0.15, -0.1) is 11.8 Å². The molecule has 0 radical (unpaired) electrons. The first-order valence-corrected chi connectivity index (χ1v) is 8.42. The lowest BCUT2D eigenvalue weighted by atomic mass is 10.2. The number of rotatable bonds is 5. The van der Waals surface area contributed by atoms with Crippen LogP contribution in [0.5, 0.6) is 0 Å². The minimum atomic E-state index is -0.781. The minimum absolute atomic E-state index is 0.0141. The van der Waals surface area contributed by atoms with Crippen LogP contribution >= 0.6 is 27.7 Å². The Morgan fingerprint density at radius 3 is 2.68 bits per heavy atom. The van der Waals surface area contributed by atoms with Crippen molar-refractivity contribution in [1.82, 2.24) is 0 Å². The Morgan fingerprint density at radius 1 is 1.27 bits per heavy atom. The van der Waals surface area contributed by atoms with E-state index in [1.54, 1.807) is 6.92 Å². The molecule has 0 aliphatic heterocycles. The largest absolute Gasteiger partial charge is 0.323 e. The van der Waals surface area contributed by atoms with Gasteiger partial charge in [0.15, 0.2) is 0 Å². The number of amides is 1. The summed E-state index contributed by atoms with van der Waals surface area (Å²) in [4.78, 5) is 12.1. The van der Waals surface area contributed by atoms with Gasteiger partial charge in [-0.1, -0.05) is 34.1 Å². The van der Waals surface area contributed by atoms with Gasteiger partial charge in [0.25, 0.3) is 0 Å². The lowest BCUT2D eigenvalue weighted by Gasteiger charge is -2.13. The van der Waals surface area contributed by atoms with E-state index in [4.69, 9.17) is 0 Å². The molecule has 0 aliphatic carbocycles. The zero-order chi connectivity index (χ0) is 16.1. The molecule has 2 nitrogen and oxygen atoms in total. The number of carbonyl (C=O) groups is 1. The summed E-state index contributed by atoms with van der Waals surface area (Å²) < 4.78 is 27.3. The van der Waals surface area contributed by atoms with E-state index in [2.05, 4.69) is 21.2 Å². The Bertz CT molecular complexity index is 681. The number of halogens is 3. The Hall–Kier alpha value is -1.40. The molecule has 1 atom stereocenters. The van der Waals surface area contributed by atoms with Gasteiger partial charge in [0.05, 0.1) is 10.9 Å². The van der Waals surface area contributed by atoms with Crippen molar-refractivity contribution in [3.63, 3.8) is 0 Å². The standard InChI is InChI=1S/C16H14BrF2NOS/c1-10(22-9-11-4-2-3-5-13(11)17)16(21)20-15-7-6-12(18)8-14(15)19/h2-8,10H,9H2,1H3,(H,20,21). The van der Waals surface area contributed by atoms with Crippen LogP contribution in [-0.4, -0.2) is 11.2 Å². The highest BCUT2D eigenvalue weighted by Gasteiger charge is 2.16. The SMILES string of the molecule is CC(SCc1ccccc1Br)C(=O)Nc1ccc(F)cc1F. The van der Waals surface area contributed by atoms with E-state index in [1.165, 1.54) is 17.8 Å². The molecule has 0 bridgehead atoms. The third-order valence-corrected chi connectivity index (χ3v) is 4.97. The summed E-state index contributed by atoms with van der Waals surface area (Å²) in [6, 6.07) is 10.8. The summed E-state index contributed by atoms with van der Waals surface area (Å²) in [6.45, 7) is 1.75. The zero-order valence-corrected chi connectivity index (χ0v) is 14.2. The van der Waals surface area contributed by atoms with Gasteiger partial charge >= 0.3 is 0 Å². The zero-order valence-electron chi connectivity index (χ0n) is 11.8. The Balaban J connectivity index is 1.93. The van der Waals surface area contributed by atoms with Crippen molar-refractivity contribution in [3.05, 3.63) is 64.1 Å². The molecule has 0 saturated heterocycles. The molecular formula is C16H14BrF2NOS. The lowest BCUT2D eigenvalue weighted by Crippen LogP contribution is -2.23. The normalized spacial score (nSPS) is 12.0. The van der Waals surface area contributed by atoms with Crippen LogP contribution in [0.1, 0.15) is 12.5 Å². The van der Waals surface area contributed by atoms with Crippen LogP contribution in [0.4, 0.5) is 14.5 Å². The van der Waals surface area contributed by atoms with Crippen LogP contribution in [0.2, 0.25) is 0 Å². The van der Waals surface area contributed by atoms with Crippen LogP contribution in [0.15, 0.2) is 46.9 Å². The summed E-state index contributed by atoms with van der Waals surface area (Å²) in [7, 11) is 0. The quantitative estimate of drug-likeness (QED) is 0.785. The fourth-order valence-electron chi connectivity index (χ4n) is 1.73. The molecule has 6 heteroatoms. The molecule has 0 spiro atoms. The number of anilines is 1. The molecule has 1 N–H and O–H groups in total. The molecule has 2 rings (SSSR count). The average Bonchev–Trinajstić information content (AvgIpc) is 2.49. The molecule has 0 aliphatic rings. The van der Waals surface area contributed by atoms with Gasteiger partial charge in [0.1, 0.15) is 11.6 Å². The highest BCUT2D eigenvalue weighted by atomic mass is 79.9. The summed E-state index contributed by atoms with van der Waals surface area (Å²) in [5.41, 5.74) is 1.07. The monoisotopic (exact) mass is 385 g/mol. The van der Waals surface area contributed by atoms with E-state index in [0.717, 1.165) is 22.2 Å². The second kappa shape index (κ2) is 7.74. The maximum absolute atomic E-state index is 13.5. The smallest absolute Gasteiger partial charge is 0.237 e. The van der Waals surface area contributed by atoms with Crippen molar-refractivity contribution in [2.45, 2.75) is 17.9 Å². The van der Waals surface area contributed by atoms with Crippen molar-refractivity contribution < 1.29 is 13.6 Å². The molecule has 22 heavy (non-hydrogen) atoms. The van der Waals surface area contributed by atoms with E-state index < -0.39 is 11.6 Å². The molecular weight excluding hydrogens is 372 g/mol. The fourth-order valence-corrected chi connectivity index (χ4v) is 3.23. The van der Waals surface area contributed by atoms with Gasteiger partial charge in [-0.3, -0.25) is 4.79 Å². The molecule has 1 amide bonds. The van der Waals surface area contributed by atoms with Crippen LogP contribution < -0.4 is 5.32 Å². The van der Waals surface area contributed by atoms with Crippen LogP contribution in [0.3, 0.4) is 0 Å². The Labute approximate surface area is 140 Å². The summed E-state index contributed by atoms with van der Waals surface area (Å²) >= 11 is 4.90. The third-order valence-electron chi connectivity index (χ3n) is 3.00. The van der Waals surface area contributed by atoms with Crippen molar-refractivity contribution in [3.8, 4) is 0 Å². The van der Waals surface area contributed by atoms with E-state index in [-0.39, 0.29) is 16.8 Å². The van der Waals surface area contributed by atoms with Gasteiger partial charge in [-0.25, -0.2) is 8.78 Å². The van der Waals surface area contributed by atoms with E-state index >= 15 is 0 Å². The molecule has 1 unspecified atom stereocenters. The molecule has 116 valence electrons. The Kier molecular flexibility index (Phi) is 5.97. The first-order valence-electron chi connectivity index (χ1n) is 6.58. The van der Waals surface area contributed by atoms with E-state index in [0.29, 0.717) is 5.75 Å². The summed E-state index contributed by atoms with van der Waals surface area (Å²) in [5.74, 6) is -1.12. The minimum Gasteiger partial charge on any atom is -0.323 e. The van der Waals surface area contributed by atoms with Gasteiger partial charge < -0.3 is 5.32 Å². The number of thioether (sulfide) groups is 1. The number of hydrogen-bond donors (Lipinski definition) is 1. The topological polar surface area (TPSA) is 29.1 Å². The lowest BCUT2D eigenvalue weighted by molar-refractivity contribution is -0.115. The van der Waals surface area contributed by atoms with Gasteiger partial charge in [0.2, 0.25) is 5.91 Å². The summed E-state index contributed by atoms with van der Waals surface area (Å²) in [5, 5.41) is 2.11. The molecule has 2 aromatic carbocycles. The van der Waals surface area contributed by atoms with Crippen molar-refractivity contribution in [1.29, 1.82) is 0 Å². The molecule has 0 heterocycles. The maximum atomic E-state index is 13.5. The second-order valence-electron chi connectivity index (χ2n) is 4.66. The number of hydrogen-bond acceptors (Lipinski definition) is 2.